The molecule has 1 aliphatic carbocycles. The molecule has 146 valence electrons. The van der Waals surface area contributed by atoms with Crippen LogP contribution in [0.15, 0.2) is 29.0 Å². The first-order valence-electron chi connectivity index (χ1n) is 9.50. The maximum atomic E-state index is 12.9. The van der Waals surface area contributed by atoms with Gasteiger partial charge in [-0.2, -0.15) is 0 Å². The van der Waals surface area contributed by atoms with E-state index in [2.05, 4.69) is 15.3 Å². The molecule has 3 aromatic heterocycles. The number of amides is 1. The van der Waals surface area contributed by atoms with Gasteiger partial charge in [0.1, 0.15) is 11.5 Å². The van der Waals surface area contributed by atoms with Crippen molar-refractivity contribution >= 4 is 44.6 Å². The van der Waals surface area contributed by atoms with Crippen molar-refractivity contribution in [3.63, 3.8) is 0 Å². The molecule has 3 heterocycles. The molecule has 8 heteroatoms. The number of fused-ring (bicyclic) bond motifs is 1. The van der Waals surface area contributed by atoms with Gasteiger partial charge in [0.05, 0.1) is 21.1 Å². The smallest absolute Gasteiger partial charge is 0.223 e. The van der Waals surface area contributed by atoms with Crippen LogP contribution >= 0.6 is 22.7 Å². The van der Waals surface area contributed by atoms with Gasteiger partial charge in [-0.05, 0) is 35.7 Å². The SMILES string of the molecule is NC(CNC(=O)C1CCCCC1)c1nc(C(=O)c2cccs2)c2sccc2n1. The Bertz CT molecular complexity index is 977. The highest BCUT2D eigenvalue weighted by molar-refractivity contribution is 7.17. The largest absolute Gasteiger partial charge is 0.354 e. The fourth-order valence-corrected chi connectivity index (χ4v) is 5.02. The zero-order valence-electron chi connectivity index (χ0n) is 15.4. The molecule has 0 bridgehead atoms. The Morgan fingerprint density at radius 1 is 1.14 bits per heavy atom. The van der Waals surface area contributed by atoms with Gasteiger partial charge in [0.2, 0.25) is 11.7 Å². The average molecular weight is 415 g/mol. The van der Waals surface area contributed by atoms with E-state index in [1.54, 1.807) is 6.07 Å². The number of rotatable bonds is 6. The van der Waals surface area contributed by atoms with Crippen LogP contribution in [0.1, 0.15) is 59.3 Å². The Labute approximate surface area is 171 Å². The van der Waals surface area contributed by atoms with E-state index in [1.165, 1.54) is 29.1 Å². The normalized spacial score (nSPS) is 16.2. The lowest BCUT2D eigenvalue weighted by Crippen LogP contribution is -2.37. The topological polar surface area (TPSA) is 98.0 Å². The second-order valence-electron chi connectivity index (χ2n) is 7.06. The van der Waals surface area contributed by atoms with E-state index in [-0.39, 0.29) is 24.2 Å². The molecule has 1 atom stereocenters. The van der Waals surface area contributed by atoms with Crippen molar-refractivity contribution in [1.29, 1.82) is 0 Å². The highest BCUT2D eigenvalue weighted by Gasteiger charge is 2.24. The summed E-state index contributed by atoms with van der Waals surface area (Å²) in [6.45, 7) is 0.262. The highest BCUT2D eigenvalue weighted by Crippen LogP contribution is 2.27. The first-order valence-corrected chi connectivity index (χ1v) is 11.3. The predicted molar refractivity (Wildman–Crippen MR) is 112 cm³/mol. The van der Waals surface area contributed by atoms with Crippen molar-refractivity contribution in [3.8, 4) is 0 Å². The first-order chi connectivity index (χ1) is 13.6. The van der Waals surface area contributed by atoms with Crippen molar-refractivity contribution in [2.75, 3.05) is 6.54 Å². The molecule has 0 saturated heterocycles. The standard InChI is InChI=1S/C20H22N4O2S2/c21-13(11-22-20(26)12-5-2-1-3-6-12)19-23-14-8-10-28-18(14)16(24-19)17(25)15-7-4-9-27-15/h4,7-10,12-13H,1-3,5-6,11,21H2,(H,22,26). The van der Waals surface area contributed by atoms with E-state index in [0.29, 0.717) is 21.9 Å². The molecule has 3 N–H and O–H groups in total. The molecule has 4 rings (SSSR count). The number of hydrogen-bond acceptors (Lipinski definition) is 7. The van der Waals surface area contributed by atoms with E-state index in [1.807, 2.05) is 22.9 Å². The third-order valence-corrected chi connectivity index (χ3v) is 6.86. The van der Waals surface area contributed by atoms with Gasteiger partial charge in [0, 0.05) is 12.5 Å². The number of ketones is 1. The first kappa shape index (κ1) is 19.2. The summed E-state index contributed by atoms with van der Waals surface area (Å²) in [7, 11) is 0. The summed E-state index contributed by atoms with van der Waals surface area (Å²) in [5, 5.41) is 6.71. The molecule has 0 aliphatic heterocycles. The fourth-order valence-electron chi connectivity index (χ4n) is 3.54. The van der Waals surface area contributed by atoms with Crippen LogP contribution < -0.4 is 11.1 Å². The molecule has 0 aromatic carbocycles. The second kappa shape index (κ2) is 8.46. The number of carbonyl (C=O) groups is 2. The van der Waals surface area contributed by atoms with E-state index < -0.39 is 6.04 Å². The summed E-state index contributed by atoms with van der Waals surface area (Å²) in [6.07, 6.45) is 5.31. The van der Waals surface area contributed by atoms with Crippen LogP contribution in [0.3, 0.4) is 0 Å². The Balaban J connectivity index is 1.53. The number of nitrogens with one attached hydrogen (secondary N) is 1. The molecular weight excluding hydrogens is 392 g/mol. The molecule has 0 spiro atoms. The monoisotopic (exact) mass is 414 g/mol. The number of aromatic nitrogens is 2. The van der Waals surface area contributed by atoms with Crippen LogP contribution in [-0.4, -0.2) is 28.2 Å². The quantitative estimate of drug-likeness (QED) is 0.600. The Morgan fingerprint density at radius 2 is 1.96 bits per heavy atom. The van der Waals surface area contributed by atoms with Crippen LogP contribution in [0.4, 0.5) is 0 Å². The summed E-state index contributed by atoms with van der Waals surface area (Å²) in [4.78, 5) is 34.9. The second-order valence-corrected chi connectivity index (χ2v) is 8.92. The van der Waals surface area contributed by atoms with E-state index >= 15 is 0 Å². The van der Waals surface area contributed by atoms with Gasteiger partial charge in [-0.15, -0.1) is 22.7 Å². The third kappa shape index (κ3) is 3.99. The van der Waals surface area contributed by atoms with Crippen molar-refractivity contribution in [3.05, 3.63) is 45.4 Å². The number of nitrogens with zero attached hydrogens (tertiary/aromatic N) is 2. The van der Waals surface area contributed by atoms with Crippen LogP contribution in [0.5, 0.6) is 0 Å². The van der Waals surface area contributed by atoms with E-state index in [4.69, 9.17) is 5.73 Å². The fraction of sp³-hybridized carbons (Fsp3) is 0.400. The number of nitrogens with two attached hydrogens (primary N) is 1. The third-order valence-electron chi connectivity index (χ3n) is 5.08. The van der Waals surface area contributed by atoms with E-state index in [9.17, 15) is 9.59 Å². The lowest BCUT2D eigenvalue weighted by atomic mass is 9.88. The number of hydrogen-bond donors (Lipinski definition) is 2. The van der Waals surface area contributed by atoms with Gasteiger partial charge < -0.3 is 11.1 Å². The maximum absolute atomic E-state index is 12.9. The minimum Gasteiger partial charge on any atom is -0.354 e. The number of thiophene rings is 2. The van der Waals surface area contributed by atoms with Crippen molar-refractivity contribution < 1.29 is 9.59 Å². The molecule has 1 aliphatic rings. The molecule has 3 aromatic rings. The van der Waals surface area contributed by atoms with Crippen LogP contribution in [0, 0.1) is 5.92 Å². The predicted octanol–water partition coefficient (Wildman–Crippen LogP) is 3.68. The van der Waals surface area contributed by atoms with Gasteiger partial charge in [-0.3, -0.25) is 9.59 Å². The van der Waals surface area contributed by atoms with Crippen molar-refractivity contribution in [1.82, 2.24) is 15.3 Å². The molecule has 1 fully saturated rings. The molecule has 28 heavy (non-hydrogen) atoms. The van der Waals surface area contributed by atoms with Crippen LogP contribution in [0.25, 0.3) is 10.2 Å². The molecule has 0 radical (unpaired) electrons. The maximum Gasteiger partial charge on any atom is 0.223 e. The Morgan fingerprint density at radius 3 is 2.71 bits per heavy atom. The average Bonchev–Trinajstić information content (AvgIpc) is 3.43. The summed E-state index contributed by atoms with van der Waals surface area (Å²) in [6, 6.07) is 4.94. The number of carbonyl (C=O) groups excluding carboxylic acids is 2. The summed E-state index contributed by atoms with van der Waals surface area (Å²) in [5.74, 6) is 0.401. The minimum atomic E-state index is -0.563. The van der Waals surface area contributed by atoms with Crippen molar-refractivity contribution in [2.45, 2.75) is 38.1 Å². The van der Waals surface area contributed by atoms with Crippen LogP contribution in [-0.2, 0) is 4.79 Å². The van der Waals surface area contributed by atoms with Crippen molar-refractivity contribution in [2.24, 2.45) is 11.7 Å². The summed E-state index contributed by atoms with van der Waals surface area (Å²) in [5.41, 5.74) is 7.37. The van der Waals surface area contributed by atoms with Gasteiger partial charge in [0.15, 0.2) is 0 Å². The summed E-state index contributed by atoms with van der Waals surface area (Å²) >= 11 is 2.83. The Kier molecular flexibility index (Phi) is 5.79. The lowest BCUT2D eigenvalue weighted by Gasteiger charge is -2.21. The van der Waals surface area contributed by atoms with Gasteiger partial charge in [0.25, 0.3) is 0 Å². The molecular formula is C20H22N4O2S2. The molecule has 1 amide bonds. The molecule has 6 nitrogen and oxygen atoms in total. The van der Waals surface area contributed by atoms with Gasteiger partial charge in [-0.1, -0.05) is 25.3 Å². The van der Waals surface area contributed by atoms with E-state index in [0.717, 1.165) is 30.4 Å². The molecule has 1 unspecified atom stereocenters. The Hall–Kier alpha value is -2.16. The molecule has 1 saturated carbocycles. The highest BCUT2D eigenvalue weighted by atomic mass is 32.1. The lowest BCUT2D eigenvalue weighted by molar-refractivity contribution is -0.126. The van der Waals surface area contributed by atoms with Crippen LogP contribution in [0.2, 0.25) is 0 Å². The van der Waals surface area contributed by atoms with Gasteiger partial charge in [-0.25, -0.2) is 9.97 Å². The zero-order chi connectivity index (χ0) is 19.5. The minimum absolute atomic E-state index is 0.0571. The summed E-state index contributed by atoms with van der Waals surface area (Å²) < 4.78 is 0.764. The van der Waals surface area contributed by atoms with Gasteiger partial charge >= 0.3 is 0 Å². The zero-order valence-corrected chi connectivity index (χ0v) is 17.0.